The zero-order chi connectivity index (χ0) is 14.0. The van der Waals surface area contributed by atoms with Crippen molar-refractivity contribution >= 4 is 17.3 Å². The van der Waals surface area contributed by atoms with Crippen molar-refractivity contribution in [3.8, 4) is 0 Å². The Kier molecular flexibility index (Phi) is 3.55. The molecule has 0 saturated heterocycles. The molecule has 3 rings (SSSR count). The van der Waals surface area contributed by atoms with E-state index in [9.17, 15) is 4.79 Å². The van der Waals surface area contributed by atoms with Crippen LogP contribution >= 0.6 is 0 Å². The van der Waals surface area contributed by atoms with Gasteiger partial charge in [-0.1, -0.05) is 31.9 Å². The van der Waals surface area contributed by atoms with Crippen LogP contribution in [0.25, 0.3) is 0 Å². The standard InChI is InChI=1S/C16H23N3O/c1-16(8-4-5-9-16)11-18-15(20)14-10-17-12-6-2-3-7-13(12)19-14/h2-3,6-7,14,17,19H,4-5,8-11H2,1H3,(H,18,20). The van der Waals surface area contributed by atoms with Crippen molar-refractivity contribution in [1.29, 1.82) is 0 Å². The molecule has 4 heteroatoms. The van der Waals surface area contributed by atoms with Crippen LogP contribution in [0, 0.1) is 5.41 Å². The van der Waals surface area contributed by atoms with E-state index in [1.807, 2.05) is 24.3 Å². The van der Waals surface area contributed by atoms with Gasteiger partial charge in [-0.15, -0.1) is 0 Å². The molecule has 20 heavy (non-hydrogen) atoms. The molecule has 108 valence electrons. The normalized spacial score (nSPS) is 23.4. The molecule has 1 aliphatic heterocycles. The third-order valence-corrected chi connectivity index (χ3v) is 4.57. The highest BCUT2D eigenvalue weighted by molar-refractivity contribution is 5.88. The maximum Gasteiger partial charge on any atom is 0.244 e. The summed E-state index contributed by atoms with van der Waals surface area (Å²) in [4.78, 5) is 12.3. The van der Waals surface area contributed by atoms with E-state index in [1.165, 1.54) is 25.7 Å². The third-order valence-electron chi connectivity index (χ3n) is 4.57. The Hall–Kier alpha value is -1.71. The van der Waals surface area contributed by atoms with Crippen molar-refractivity contribution < 1.29 is 4.79 Å². The van der Waals surface area contributed by atoms with Gasteiger partial charge in [0, 0.05) is 13.1 Å². The average Bonchev–Trinajstić information content (AvgIpc) is 2.91. The molecule has 4 nitrogen and oxygen atoms in total. The summed E-state index contributed by atoms with van der Waals surface area (Å²) in [6.45, 7) is 3.72. The van der Waals surface area contributed by atoms with Crippen LogP contribution in [0.4, 0.5) is 11.4 Å². The highest BCUT2D eigenvalue weighted by Gasteiger charge is 2.30. The van der Waals surface area contributed by atoms with Gasteiger partial charge in [0.15, 0.2) is 0 Å². The van der Waals surface area contributed by atoms with Crippen molar-refractivity contribution in [2.24, 2.45) is 5.41 Å². The van der Waals surface area contributed by atoms with Crippen molar-refractivity contribution in [3.63, 3.8) is 0 Å². The molecule has 0 bridgehead atoms. The summed E-state index contributed by atoms with van der Waals surface area (Å²) in [6, 6.07) is 7.81. The maximum atomic E-state index is 12.3. The Balaban J connectivity index is 1.56. The maximum absolute atomic E-state index is 12.3. The lowest BCUT2D eigenvalue weighted by Crippen LogP contribution is -2.48. The van der Waals surface area contributed by atoms with Crippen molar-refractivity contribution in [3.05, 3.63) is 24.3 Å². The van der Waals surface area contributed by atoms with Gasteiger partial charge in [-0.2, -0.15) is 0 Å². The van der Waals surface area contributed by atoms with E-state index >= 15 is 0 Å². The lowest BCUT2D eigenvalue weighted by molar-refractivity contribution is -0.122. The fourth-order valence-corrected chi connectivity index (χ4v) is 3.20. The summed E-state index contributed by atoms with van der Waals surface area (Å²) in [6.07, 6.45) is 5.05. The van der Waals surface area contributed by atoms with Gasteiger partial charge in [0.2, 0.25) is 5.91 Å². The van der Waals surface area contributed by atoms with Gasteiger partial charge in [0.25, 0.3) is 0 Å². The van der Waals surface area contributed by atoms with Gasteiger partial charge in [-0.25, -0.2) is 0 Å². The topological polar surface area (TPSA) is 53.2 Å². The van der Waals surface area contributed by atoms with Gasteiger partial charge in [0.1, 0.15) is 6.04 Å². The quantitative estimate of drug-likeness (QED) is 0.793. The molecule has 0 radical (unpaired) electrons. The molecule has 0 spiro atoms. The fraction of sp³-hybridized carbons (Fsp3) is 0.562. The predicted octanol–water partition coefficient (Wildman–Crippen LogP) is 2.59. The molecule has 1 aromatic carbocycles. The minimum atomic E-state index is -0.185. The number of hydrogen-bond acceptors (Lipinski definition) is 3. The van der Waals surface area contributed by atoms with Crippen molar-refractivity contribution in [1.82, 2.24) is 5.32 Å². The van der Waals surface area contributed by atoms with E-state index in [4.69, 9.17) is 0 Å². The smallest absolute Gasteiger partial charge is 0.244 e. The summed E-state index contributed by atoms with van der Waals surface area (Å²) in [5.41, 5.74) is 2.38. The Bertz CT molecular complexity index is 494. The van der Waals surface area contributed by atoms with Crippen molar-refractivity contribution in [2.75, 3.05) is 23.7 Å². The molecule has 0 aromatic heterocycles. The first-order chi connectivity index (χ1) is 9.66. The number of fused-ring (bicyclic) bond motifs is 1. The zero-order valence-corrected chi connectivity index (χ0v) is 12.0. The number of para-hydroxylation sites is 2. The predicted molar refractivity (Wildman–Crippen MR) is 81.9 cm³/mol. The van der Waals surface area contributed by atoms with Gasteiger partial charge >= 0.3 is 0 Å². The lowest BCUT2D eigenvalue weighted by atomic mass is 9.89. The van der Waals surface area contributed by atoms with Gasteiger partial charge in [0.05, 0.1) is 11.4 Å². The van der Waals surface area contributed by atoms with E-state index in [0.717, 1.165) is 17.9 Å². The van der Waals surface area contributed by atoms with Crippen LogP contribution < -0.4 is 16.0 Å². The van der Waals surface area contributed by atoms with Crippen LogP contribution in [-0.4, -0.2) is 25.0 Å². The van der Waals surface area contributed by atoms with Crippen LogP contribution in [0.5, 0.6) is 0 Å². The summed E-state index contributed by atoms with van der Waals surface area (Å²) in [7, 11) is 0. The molecule has 1 saturated carbocycles. The first-order valence-electron chi connectivity index (χ1n) is 7.53. The molecule has 1 atom stereocenters. The molecule has 1 fully saturated rings. The molecule has 1 amide bonds. The number of rotatable bonds is 3. The minimum absolute atomic E-state index is 0.0973. The summed E-state index contributed by atoms with van der Waals surface area (Å²) in [5, 5.41) is 9.74. The van der Waals surface area contributed by atoms with Crippen LogP contribution in [0.2, 0.25) is 0 Å². The SMILES string of the molecule is CC1(CNC(=O)C2CNc3ccccc3N2)CCCC1. The second-order valence-corrected chi connectivity index (χ2v) is 6.36. The molecule has 1 aromatic rings. The second-order valence-electron chi connectivity index (χ2n) is 6.36. The lowest BCUT2D eigenvalue weighted by Gasteiger charge is -2.29. The Labute approximate surface area is 120 Å². The van der Waals surface area contributed by atoms with Gasteiger partial charge in [-0.3, -0.25) is 4.79 Å². The summed E-state index contributed by atoms with van der Waals surface area (Å²) >= 11 is 0. The fourth-order valence-electron chi connectivity index (χ4n) is 3.20. The van der Waals surface area contributed by atoms with Crippen LogP contribution in [0.3, 0.4) is 0 Å². The first-order valence-corrected chi connectivity index (χ1v) is 7.53. The molecule has 1 heterocycles. The number of hydrogen-bond donors (Lipinski definition) is 3. The van der Waals surface area contributed by atoms with Crippen LogP contribution in [0.15, 0.2) is 24.3 Å². The number of benzene rings is 1. The van der Waals surface area contributed by atoms with Gasteiger partial charge in [-0.05, 0) is 30.4 Å². The molecule has 1 unspecified atom stereocenters. The monoisotopic (exact) mass is 273 g/mol. The van der Waals surface area contributed by atoms with Crippen LogP contribution in [0.1, 0.15) is 32.6 Å². The highest BCUT2D eigenvalue weighted by atomic mass is 16.2. The molecule has 1 aliphatic carbocycles. The first kappa shape index (κ1) is 13.3. The van der Waals surface area contributed by atoms with E-state index in [1.54, 1.807) is 0 Å². The molecular formula is C16H23N3O. The molecule has 3 N–H and O–H groups in total. The van der Waals surface area contributed by atoms with E-state index in [2.05, 4.69) is 22.9 Å². The summed E-state index contributed by atoms with van der Waals surface area (Å²) < 4.78 is 0. The number of carbonyl (C=O) groups excluding carboxylic acids is 1. The average molecular weight is 273 g/mol. The zero-order valence-electron chi connectivity index (χ0n) is 12.0. The minimum Gasteiger partial charge on any atom is -0.381 e. The van der Waals surface area contributed by atoms with E-state index in [-0.39, 0.29) is 11.9 Å². The Morgan fingerprint density at radius 1 is 1.30 bits per heavy atom. The molecule has 2 aliphatic rings. The number of amides is 1. The Morgan fingerprint density at radius 2 is 2.00 bits per heavy atom. The Morgan fingerprint density at radius 3 is 2.75 bits per heavy atom. The van der Waals surface area contributed by atoms with Crippen molar-refractivity contribution in [2.45, 2.75) is 38.6 Å². The molecular weight excluding hydrogens is 250 g/mol. The second kappa shape index (κ2) is 5.35. The van der Waals surface area contributed by atoms with Gasteiger partial charge < -0.3 is 16.0 Å². The van der Waals surface area contributed by atoms with E-state index in [0.29, 0.717) is 12.0 Å². The van der Waals surface area contributed by atoms with E-state index < -0.39 is 0 Å². The number of nitrogens with one attached hydrogen (secondary N) is 3. The summed E-state index contributed by atoms with van der Waals surface area (Å²) in [5.74, 6) is 0.0973. The third kappa shape index (κ3) is 2.74. The number of carbonyl (C=O) groups is 1. The largest absolute Gasteiger partial charge is 0.381 e. The van der Waals surface area contributed by atoms with Crippen LogP contribution in [-0.2, 0) is 4.79 Å². The highest BCUT2D eigenvalue weighted by Crippen LogP contribution is 2.36. The number of anilines is 2.